The van der Waals surface area contributed by atoms with E-state index in [0.717, 1.165) is 42.0 Å². The van der Waals surface area contributed by atoms with Gasteiger partial charge in [-0.05, 0) is 29.3 Å². The number of benzene rings is 2. The van der Waals surface area contributed by atoms with Crippen LogP contribution in [0, 0.1) is 0 Å². The Morgan fingerprint density at radius 2 is 1.83 bits per heavy atom. The quantitative estimate of drug-likeness (QED) is 0.894. The number of quaternary nitrogens is 1. The van der Waals surface area contributed by atoms with Crippen molar-refractivity contribution in [2.75, 3.05) is 19.9 Å². The van der Waals surface area contributed by atoms with Crippen LogP contribution in [-0.4, -0.2) is 19.9 Å². The van der Waals surface area contributed by atoms with Crippen LogP contribution in [-0.2, 0) is 6.54 Å². The molecule has 118 valence electrons. The molecule has 1 unspecified atom stereocenters. The SMILES string of the molecule is Brc1cc2c(cc1C[NH+]1CC=C(c3ccccc3)CC1)OCO2. The molecule has 2 aliphatic heterocycles. The maximum atomic E-state index is 5.49. The fourth-order valence-electron chi connectivity index (χ4n) is 3.22. The highest BCUT2D eigenvalue weighted by atomic mass is 79.9. The third kappa shape index (κ3) is 3.14. The molecule has 4 heteroatoms. The molecule has 3 nitrogen and oxygen atoms in total. The fraction of sp³-hybridized carbons (Fsp3) is 0.263. The Bertz CT molecular complexity index is 743. The van der Waals surface area contributed by atoms with Crippen LogP contribution in [0.4, 0.5) is 0 Å². The van der Waals surface area contributed by atoms with Gasteiger partial charge in [-0.2, -0.15) is 0 Å². The summed E-state index contributed by atoms with van der Waals surface area (Å²) in [6.45, 7) is 3.54. The van der Waals surface area contributed by atoms with Crippen LogP contribution in [0.3, 0.4) is 0 Å². The lowest BCUT2D eigenvalue weighted by Gasteiger charge is -2.24. The summed E-state index contributed by atoms with van der Waals surface area (Å²) in [6, 6.07) is 14.8. The molecule has 4 rings (SSSR count). The second-order valence-electron chi connectivity index (χ2n) is 6.02. The molecule has 0 fully saturated rings. The van der Waals surface area contributed by atoms with E-state index in [-0.39, 0.29) is 0 Å². The van der Waals surface area contributed by atoms with Crippen LogP contribution in [0.2, 0.25) is 0 Å². The Kier molecular flexibility index (Phi) is 4.10. The van der Waals surface area contributed by atoms with Gasteiger partial charge in [-0.1, -0.05) is 46.3 Å². The predicted octanol–water partition coefficient (Wildman–Crippen LogP) is 3.05. The van der Waals surface area contributed by atoms with Gasteiger partial charge >= 0.3 is 0 Å². The largest absolute Gasteiger partial charge is 0.454 e. The molecule has 0 amide bonds. The van der Waals surface area contributed by atoms with E-state index in [0.29, 0.717) is 6.79 Å². The van der Waals surface area contributed by atoms with Gasteiger partial charge < -0.3 is 14.4 Å². The molecule has 0 saturated carbocycles. The van der Waals surface area contributed by atoms with Gasteiger partial charge in [0.1, 0.15) is 6.54 Å². The first-order chi connectivity index (χ1) is 11.3. The number of rotatable bonds is 3. The summed E-state index contributed by atoms with van der Waals surface area (Å²) < 4.78 is 12.0. The molecule has 0 bridgehead atoms. The molecule has 1 N–H and O–H groups in total. The molecule has 0 radical (unpaired) electrons. The van der Waals surface area contributed by atoms with Crippen molar-refractivity contribution >= 4 is 21.5 Å². The van der Waals surface area contributed by atoms with Crippen LogP contribution in [0.25, 0.3) is 5.57 Å². The van der Waals surface area contributed by atoms with Gasteiger partial charge in [0.2, 0.25) is 6.79 Å². The molecule has 1 atom stereocenters. The molecular weight excluding hydrogens is 354 g/mol. The zero-order valence-electron chi connectivity index (χ0n) is 12.8. The zero-order chi connectivity index (χ0) is 15.6. The fourth-order valence-corrected chi connectivity index (χ4v) is 3.68. The third-order valence-electron chi connectivity index (χ3n) is 4.51. The molecule has 0 aliphatic carbocycles. The number of fused-ring (bicyclic) bond motifs is 1. The van der Waals surface area contributed by atoms with Gasteiger partial charge in [0, 0.05) is 16.5 Å². The number of hydrogen-bond acceptors (Lipinski definition) is 2. The van der Waals surface area contributed by atoms with Crippen molar-refractivity contribution in [3.8, 4) is 11.5 Å². The molecule has 2 aromatic rings. The zero-order valence-corrected chi connectivity index (χ0v) is 14.4. The lowest BCUT2D eigenvalue weighted by molar-refractivity contribution is -0.908. The lowest BCUT2D eigenvalue weighted by Crippen LogP contribution is -3.11. The Labute approximate surface area is 144 Å². The van der Waals surface area contributed by atoms with Crippen molar-refractivity contribution in [1.82, 2.24) is 0 Å². The average molecular weight is 373 g/mol. The molecule has 0 aromatic heterocycles. The summed E-state index contributed by atoms with van der Waals surface area (Å²) in [5.41, 5.74) is 4.11. The van der Waals surface area contributed by atoms with Crippen LogP contribution in [0.1, 0.15) is 17.5 Å². The summed E-state index contributed by atoms with van der Waals surface area (Å²) >= 11 is 3.66. The van der Waals surface area contributed by atoms with E-state index in [1.54, 1.807) is 4.90 Å². The van der Waals surface area contributed by atoms with Gasteiger partial charge in [-0.3, -0.25) is 0 Å². The highest BCUT2D eigenvalue weighted by Gasteiger charge is 2.21. The molecule has 0 saturated heterocycles. The second-order valence-corrected chi connectivity index (χ2v) is 6.88. The van der Waals surface area contributed by atoms with Crippen molar-refractivity contribution in [1.29, 1.82) is 0 Å². The maximum absolute atomic E-state index is 5.49. The van der Waals surface area contributed by atoms with Crippen LogP contribution in [0.5, 0.6) is 11.5 Å². The van der Waals surface area contributed by atoms with Crippen LogP contribution < -0.4 is 14.4 Å². The Morgan fingerprint density at radius 3 is 2.57 bits per heavy atom. The van der Waals surface area contributed by atoms with Crippen molar-refractivity contribution < 1.29 is 14.4 Å². The predicted molar refractivity (Wildman–Crippen MR) is 93.7 cm³/mol. The minimum Gasteiger partial charge on any atom is -0.454 e. The summed E-state index contributed by atoms with van der Waals surface area (Å²) in [5.74, 6) is 1.70. The van der Waals surface area contributed by atoms with Gasteiger partial charge in [0.25, 0.3) is 0 Å². The highest BCUT2D eigenvalue weighted by molar-refractivity contribution is 9.10. The molecule has 0 spiro atoms. The Hall–Kier alpha value is -1.78. The molecular formula is C19H19BrNO2+. The molecule has 23 heavy (non-hydrogen) atoms. The van der Waals surface area contributed by atoms with E-state index in [1.165, 1.54) is 16.7 Å². The Balaban J connectivity index is 1.46. The van der Waals surface area contributed by atoms with Crippen molar-refractivity contribution in [2.24, 2.45) is 0 Å². The molecule has 2 aromatic carbocycles. The summed E-state index contributed by atoms with van der Waals surface area (Å²) in [5, 5.41) is 0. The summed E-state index contributed by atoms with van der Waals surface area (Å²) in [6.07, 6.45) is 3.51. The first kappa shape index (κ1) is 14.8. The van der Waals surface area contributed by atoms with Crippen molar-refractivity contribution in [3.63, 3.8) is 0 Å². The lowest BCUT2D eigenvalue weighted by atomic mass is 9.99. The first-order valence-corrected chi connectivity index (χ1v) is 8.75. The normalized spacial score (nSPS) is 19.5. The number of hydrogen-bond donors (Lipinski definition) is 1. The molecule has 2 aliphatic rings. The van der Waals surface area contributed by atoms with Gasteiger partial charge in [0.05, 0.1) is 13.1 Å². The van der Waals surface area contributed by atoms with E-state index in [1.807, 2.05) is 6.07 Å². The Morgan fingerprint density at radius 1 is 1.04 bits per heavy atom. The highest BCUT2D eigenvalue weighted by Crippen LogP contribution is 2.36. The van der Waals surface area contributed by atoms with Crippen molar-refractivity contribution in [2.45, 2.75) is 13.0 Å². The van der Waals surface area contributed by atoms with Gasteiger partial charge in [0.15, 0.2) is 11.5 Å². The second kappa shape index (κ2) is 6.38. The van der Waals surface area contributed by atoms with Crippen LogP contribution >= 0.6 is 15.9 Å². The minimum atomic E-state index is 0.324. The van der Waals surface area contributed by atoms with E-state index in [9.17, 15) is 0 Å². The van der Waals surface area contributed by atoms with E-state index in [2.05, 4.69) is 58.4 Å². The van der Waals surface area contributed by atoms with Crippen molar-refractivity contribution in [3.05, 3.63) is 64.1 Å². The minimum absolute atomic E-state index is 0.324. The first-order valence-electron chi connectivity index (χ1n) is 7.95. The van der Waals surface area contributed by atoms with Gasteiger partial charge in [-0.15, -0.1) is 0 Å². The van der Waals surface area contributed by atoms with E-state index < -0.39 is 0 Å². The third-order valence-corrected chi connectivity index (χ3v) is 5.25. The standard InChI is InChI=1S/C19H18BrNO2/c20-17-11-19-18(22-13-23-19)10-16(17)12-21-8-6-15(7-9-21)14-4-2-1-3-5-14/h1-6,10-11H,7-9,12-13H2/p+1. The monoisotopic (exact) mass is 372 g/mol. The van der Waals surface area contributed by atoms with Crippen LogP contribution in [0.15, 0.2) is 53.0 Å². The smallest absolute Gasteiger partial charge is 0.231 e. The number of nitrogens with one attached hydrogen (secondary N) is 1. The summed E-state index contributed by atoms with van der Waals surface area (Å²) in [7, 11) is 0. The van der Waals surface area contributed by atoms with E-state index >= 15 is 0 Å². The van der Waals surface area contributed by atoms with Gasteiger partial charge in [-0.25, -0.2) is 0 Å². The number of ether oxygens (including phenoxy) is 2. The van der Waals surface area contributed by atoms with E-state index in [4.69, 9.17) is 9.47 Å². The average Bonchev–Trinajstić information content (AvgIpc) is 3.04. The topological polar surface area (TPSA) is 22.9 Å². The number of halogens is 1. The molecule has 2 heterocycles. The summed E-state index contributed by atoms with van der Waals surface area (Å²) in [4.78, 5) is 1.57. The maximum Gasteiger partial charge on any atom is 0.231 e.